The van der Waals surface area contributed by atoms with Crippen LogP contribution >= 0.6 is 0 Å². The minimum absolute atomic E-state index is 0.138. The summed E-state index contributed by atoms with van der Waals surface area (Å²) in [6.07, 6.45) is 6.16. The van der Waals surface area contributed by atoms with Gasteiger partial charge in [0.2, 0.25) is 0 Å². The Labute approximate surface area is 125 Å². The molecule has 1 fully saturated rings. The SMILES string of the molecule is Cc1nc(C(=O)N(C)CC2CCCCC2)ccc1C(=O)O. The maximum absolute atomic E-state index is 12.4. The molecule has 1 amide bonds. The normalized spacial score (nSPS) is 15.7. The van der Waals surface area contributed by atoms with Crippen molar-refractivity contribution in [2.75, 3.05) is 13.6 Å². The minimum Gasteiger partial charge on any atom is -0.478 e. The van der Waals surface area contributed by atoms with Crippen molar-refractivity contribution in [3.8, 4) is 0 Å². The van der Waals surface area contributed by atoms with Gasteiger partial charge in [0.05, 0.1) is 11.3 Å². The Kier molecular flexibility index (Phi) is 4.94. The summed E-state index contributed by atoms with van der Waals surface area (Å²) in [6.45, 7) is 2.36. The third kappa shape index (κ3) is 3.80. The van der Waals surface area contributed by atoms with Gasteiger partial charge in [-0.05, 0) is 37.8 Å². The number of pyridine rings is 1. The fourth-order valence-electron chi connectivity index (χ4n) is 2.94. The zero-order valence-corrected chi connectivity index (χ0v) is 12.6. The summed E-state index contributed by atoms with van der Waals surface area (Å²) >= 11 is 0. The van der Waals surface area contributed by atoms with E-state index < -0.39 is 5.97 Å². The van der Waals surface area contributed by atoms with Crippen molar-refractivity contribution in [2.45, 2.75) is 39.0 Å². The van der Waals surface area contributed by atoms with Crippen molar-refractivity contribution >= 4 is 11.9 Å². The number of nitrogens with zero attached hydrogens (tertiary/aromatic N) is 2. The summed E-state index contributed by atoms with van der Waals surface area (Å²) < 4.78 is 0. The first kappa shape index (κ1) is 15.5. The number of carboxylic acids is 1. The predicted octanol–water partition coefficient (Wildman–Crippen LogP) is 2.74. The average Bonchev–Trinajstić information content (AvgIpc) is 2.47. The van der Waals surface area contributed by atoms with Crippen molar-refractivity contribution in [2.24, 2.45) is 5.92 Å². The number of carbonyl (C=O) groups excluding carboxylic acids is 1. The second-order valence-electron chi connectivity index (χ2n) is 5.82. The zero-order valence-electron chi connectivity index (χ0n) is 12.6. The van der Waals surface area contributed by atoms with Crippen molar-refractivity contribution in [3.63, 3.8) is 0 Å². The molecule has 0 unspecified atom stereocenters. The highest BCUT2D eigenvalue weighted by Gasteiger charge is 2.20. The van der Waals surface area contributed by atoms with Gasteiger partial charge in [0.1, 0.15) is 5.69 Å². The molecular weight excluding hydrogens is 268 g/mol. The largest absolute Gasteiger partial charge is 0.478 e. The van der Waals surface area contributed by atoms with Crippen LogP contribution in [0, 0.1) is 12.8 Å². The molecule has 114 valence electrons. The Morgan fingerprint density at radius 2 is 1.95 bits per heavy atom. The number of aromatic nitrogens is 1. The molecule has 2 rings (SSSR count). The van der Waals surface area contributed by atoms with Crippen LogP contribution in [-0.2, 0) is 0 Å². The molecule has 21 heavy (non-hydrogen) atoms. The Bertz CT molecular complexity index is 536. The number of hydrogen-bond acceptors (Lipinski definition) is 3. The van der Waals surface area contributed by atoms with Gasteiger partial charge in [-0.2, -0.15) is 0 Å². The van der Waals surface area contributed by atoms with Gasteiger partial charge in [-0.25, -0.2) is 9.78 Å². The van der Waals surface area contributed by atoms with Crippen LogP contribution in [0.2, 0.25) is 0 Å². The number of amides is 1. The van der Waals surface area contributed by atoms with Crippen LogP contribution in [0.25, 0.3) is 0 Å². The lowest BCUT2D eigenvalue weighted by atomic mass is 9.89. The van der Waals surface area contributed by atoms with Gasteiger partial charge in [-0.15, -0.1) is 0 Å². The maximum atomic E-state index is 12.4. The number of carbonyl (C=O) groups is 2. The highest BCUT2D eigenvalue weighted by Crippen LogP contribution is 2.24. The first-order valence-electron chi connectivity index (χ1n) is 7.45. The van der Waals surface area contributed by atoms with E-state index in [1.165, 1.54) is 44.2 Å². The number of rotatable bonds is 4. The van der Waals surface area contributed by atoms with Crippen LogP contribution in [0.3, 0.4) is 0 Å². The van der Waals surface area contributed by atoms with Crippen LogP contribution < -0.4 is 0 Å². The van der Waals surface area contributed by atoms with Gasteiger partial charge in [0.15, 0.2) is 0 Å². The van der Waals surface area contributed by atoms with Gasteiger partial charge >= 0.3 is 5.97 Å². The number of hydrogen-bond donors (Lipinski definition) is 1. The first-order chi connectivity index (χ1) is 9.99. The van der Waals surface area contributed by atoms with Gasteiger partial charge in [0, 0.05) is 13.6 Å². The zero-order chi connectivity index (χ0) is 15.4. The lowest BCUT2D eigenvalue weighted by molar-refractivity contribution is 0.0692. The van der Waals surface area contributed by atoms with Gasteiger partial charge in [-0.3, -0.25) is 4.79 Å². The molecule has 1 heterocycles. The monoisotopic (exact) mass is 290 g/mol. The van der Waals surface area contributed by atoms with Crippen LogP contribution in [-0.4, -0.2) is 40.5 Å². The Morgan fingerprint density at radius 1 is 1.29 bits per heavy atom. The lowest BCUT2D eigenvalue weighted by Gasteiger charge is -2.27. The van der Waals surface area contributed by atoms with Gasteiger partial charge < -0.3 is 10.0 Å². The Hall–Kier alpha value is -1.91. The molecule has 0 saturated heterocycles. The third-order valence-corrected chi connectivity index (χ3v) is 4.14. The standard InChI is InChI=1S/C16H22N2O3/c1-11-13(16(20)21)8-9-14(17-11)15(19)18(2)10-12-6-4-3-5-7-12/h8-9,12H,3-7,10H2,1-2H3,(H,20,21). The van der Waals surface area contributed by atoms with Gasteiger partial charge in [-0.1, -0.05) is 19.3 Å². The van der Waals surface area contributed by atoms with Crippen molar-refractivity contribution in [3.05, 3.63) is 29.1 Å². The molecule has 0 bridgehead atoms. The van der Waals surface area contributed by atoms with E-state index in [-0.39, 0.29) is 11.5 Å². The van der Waals surface area contributed by atoms with Crippen molar-refractivity contribution in [1.29, 1.82) is 0 Å². The highest BCUT2D eigenvalue weighted by molar-refractivity contribution is 5.94. The quantitative estimate of drug-likeness (QED) is 0.925. The summed E-state index contributed by atoms with van der Waals surface area (Å²) in [5.74, 6) is -0.581. The molecule has 5 nitrogen and oxygen atoms in total. The van der Waals surface area contributed by atoms with E-state index in [0.29, 0.717) is 17.3 Å². The topological polar surface area (TPSA) is 70.5 Å². The highest BCUT2D eigenvalue weighted by atomic mass is 16.4. The number of carboxylic acid groups (broad SMARTS) is 1. The molecule has 1 aromatic rings. The molecular formula is C16H22N2O3. The molecule has 1 aliphatic rings. The number of aryl methyl sites for hydroxylation is 1. The molecule has 0 radical (unpaired) electrons. The third-order valence-electron chi connectivity index (χ3n) is 4.14. The molecule has 1 aromatic heterocycles. The van der Waals surface area contributed by atoms with E-state index in [2.05, 4.69) is 4.98 Å². The molecule has 1 saturated carbocycles. The van der Waals surface area contributed by atoms with E-state index in [9.17, 15) is 9.59 Å². The van der Waals surface area contributed by atoms with E-state index in [4.69, 9.17) is 5.11 Å². The van der Waals surface area contributed by atoms with Gasteiger partial charge in [0.25, 0.3) is 5.91 Å². The molecule has 0 aliphatic heterocycles. The summed E-state index contributed by atoms with van der Waals surface area (Å²) in [5, 5.41) is 8.99. The average molecular weight is 290 g/mol. The van der Waals surface area contributed by atoms with E-state index in [1.54, 1.807) is 18.9 Å². The Morgan fingerprint density at radius 3 is 2.52 bits per heavy atom. The summed E-state index contributed by atoms with van der Waals surface area (Å²) in [4.78, 5) is 29.2. The molecule has 5 heteroatoms. The maximum Gasteiger partial charge on any atom is 0.337 e. The van der Waals surface area contributed by atoms with E-state index in [1.807, 2.05) is 0 Å². The van der Waals surface area contributed by atoms with Crippen molar-refractivity contribution < 1.29 is 14.7 Å². The minimum atomic E-state index is -1.02. The fraction of sp³-hybridized carbons (Fsp3) is 0.562. The lowest BCUT2D eigenvalue weighted by Crippen LogP contribution is -2.33. The van der Waals surface area contributed by atoms with Crippen LogP contribution in [0.15, 0.2) is 12.1 Å². The van der Waals surface area contributed by atoms with Crippen LogP contribution in [0.5, 0.6) is 0 Å². The smallest absolute Gasteiger partial charge is 0.337 e. The Balaban J connectivity index is 2.04. The molecule has 0 aromatic carbocycles. The first-order valence-corrected chi connectivity index (χ1v) is 7.45. The van der Waals surface area contributed by atoms with E-state index >= 15 is 0 Å². The van der Waals surface area contributed by atoms with Crippen LogP contribution in [0.4, 0.5) is 0 Å². The molecule has 0 spiro atoms. The number of aromatic carboxylic acids is 1. The van der Waals surface area contributed by atoms with E-state index in [0.717, 1.165) is 6.54 Å². The molecule has 1 N–H and O–H groups in total. The molecule has 0 atom stereocenters. The van der Waals surface area contributed by atoms with Crippen LogP contribution in [0.1, 0.15) is 58.6 Å². The summed E-state index contributed by atoms with van der Waals surface area (Å²) in [6, 6.07) is 2.95. The van der Waals surface area contributed by atoms with Crippen molar-refractivity contribution in [1.82, 2.24) is 9.88 Å². The second-order valence-corrected chi connectivity index (χ2v) is 5.82. The summed E-state index contributed by atoms with van der Waals surface area (Å²) in [5.41, 5.74) is 0.830. The summed E-state index contributed by atoms with van der Waals surface area (Å²) in [7, 11) is 1.79. The molecule has 1 aliphatic carbocycles. The fourth-order valence-corrected chi connectivity index (χ4v) is 2.94. The predicted molar refractivity (Wildman–Crippen MR) is 79.5 cm³/mol. The second kappa shape index (κ2) is 6.70.